The van der Waals surface area contributed by atoms with E-state index in [4.69, 9.17) is 4.74 Å². The van der Waals surface area contributed by atoms with Crippen LogP contribution >= 0.6 is 0 Å². The van der Waals surface area contributed by atoms with E-state index in [1.165, 1.54) is 18.2 Å². The van der Waals surface area contributed by atoms with Gasteiger partial charge < -0.3 is 20.1 Å². The minimum atomic E-state index is -3.89. The molecule has 24 heavy (non-hydrogen) atoms. The molecule has 132 valence electrons. The van der Waals surface area contributed by atoms with Gasteiger partial charge in [0.15, 0.2) is 0 Å². The van der Waals surface area contributed by atoms with Crippen molar-refractivity contribution in [2.75, 3.05) is 38.7 Å². The first-order valence-corrected chi connectivity index (χ1v) is 8.70. The molecule has 1 aromatic carbocycles. The van der Waals surface area contributed by atoms with Crippen LogP contribution in [0.3, 0.4) is 0 Å². The van der Waals surface area contributed by atoms with Crippen LogP contribution in [0.2, 0.25) is 0 Å². The fourth-order valence-corrected chi connectivity index (χ4v) is 3.02. The number of amides is 1. The summed E-state index contributed by atoms with van der Waals surface area (Å²) in [5.74, 6) is -1.07. The molecule has 9 nitrogen and oxygen atoms in total. The molecule has 0 aromatic heterocycles. The first-order valence-electron chi connectivity index (χ1n) is 7.22. The molecule has 1 saturated heterocycles. The Morgan fingerprint density at radius 1 is 1.42 bits per heavy atom. The number of hydrogen-bond acceptors (Lipinski definition) is 7. The Morgan fingerprint density at radius 2 is 2.21 bits per heavy atom. The van der Waals surface area contributed by atoms with Crippen LogP contribution < -0.4 is 15.4 Å². The molecule has 1 fully saturated rings. The third-order valence-corrected chi connectivity index (χ3v) is 4.67. The van der Waals surface area contributed by atoms with Crippen molar-refractivity contribution in [2.45, 2.75) is 11.0 Å². The lowest BCUT2D eigenvalue weighted by Gasteiger charge is -2.22. The predicted molar refractivity (Wildman–Crippen MR) is 84.9 cm³/mol. The minimum absolute atomic E-state index is 0.0770. The lowest BCUT2D eigenvalue weighted by molar-refractivity contribution is -0.139. The number of esters is 1. The number of rotatable bonds is 6. The highest BCUT2D eigenvalue weighted by Crippen LogP contribution is 2.16. The van der Waals surface area contributed by atoms with Crippen molar-refractivity contribution in [1.29, 1.82) is 0 Å². The van der Waals surface area contributed by atoms with Crippen molar-refractivity contribution in [1.82, 2.24) is 10.0 Å². The zero-order valence-electron chi connectivity index (χ0n) is 13.1. The Balaban J connectivity index is 2.04. The van der Waals surface area contributed by atoms with Crippen LogP contribution in [0.5, 0.6) is 0 Å². The van der Waals surface area contributed by atoms with Crippen molar-refractivity contribution in [2.24, 2.45) is 0 Å². The van der Waals surface area contributed by atoms with E-state index >= 15 is 0 Å². The van der Waals surface area contributed by atoms with Gasteiger partial charge >= 0.3 is 5.97 Å². The number of nitrogens with one attached hydrogen (secondary N) is 3. The van der Waals surface area contributed by atoms with E-state index in [1.54, 1.807) is 6.07 Å². The molecule has 3 N–H and O–H groups in total. The number of hydrogen-bond donors (Lipinski definition) is 3. The summed E-state index contributed by atoms with van der Waals surface area (Å²) in [5, 5.41) is 5.65. The fraction of sp³-hybridized carbons (Fsp3) is 0.429. The number of anilines is 1. The molecule has 0 radical (unpaired) electrons. The SMILES string of the molecule is COC(=O)CNS(=O)(=O)c1cccc(NC(=O)C2CNCCO2)c1. The highest BCUT2D eigenvalue weighted by atomic mass is 32.2. The van der Waals surface area contributed by atoms with Gasteiger partial charge in [0.2, 0.25) is 10.0 Å². The van der Waals surface area contributed by atoms with E-state index < -0.39 is 28.6 Å². The van der Waals surface area contributed by atoms with Gasteiger partial charge in [-0.25, -0.2) is 8.42 Å². The summed E-state index contributed by atoms with van der Waals surface area (Å²) in [5.41, 5.74) is 0.315. The zero-order chi connectivity index (χ0) is 17.6. The van der Waals surface area contributed by atoms with Crippen molar-refractivity contribution in [3.8, 4) is 0 Å². The highest BCUT2D eigenvalue weighted by molar-refractivity contribution is 7.89. The van der Waals surface area contributed by atoms with Gasteiger partial charge in [0.25, 0.3) is 5.91 Å². The van der Waals surface area contributed by atoms with Gasteiger partial charge in [-0.2, -0.15) is 4.72 Å². The number of sulfonamides is 1. The summed E-state index contributed by atoms with van der Waals surface area (Å²) in [7, 11) is -2.73. The first-order chi connectivity index (χ1) is 11.4. The number of carbonyl (C=O) groups is 2. The van der Waals surface area contributed by atoms with Crippen LogP contribution in [-0.4, -0.2) is 59.7 Å². The largest absolute Gasteiger partial charge is 0.468 e. The molecule has 1 aromatic rings. The van der Waals surface area contributed by atoms with Gasteiger partial charge in [0.05, 0.1) is 18.6 Å². The van der Waals surface area contributed by atoms with Crippen LogP contribution in [0.15, 0.2) is 29.2 Å². The van der Waals surface area contributed by atoms with Crippen LogP contribution in [0, 0.1) is 0 Å². The molecule has 2 rings (SSSR count). The summed E-state index contributed by atoms with van der Waals surface area (Å²) in [4.78, 5) is 23.1. The molecule has 1 aliphatic heterocycles. The van der Waals surface area contributed by atoms with Crippen molar-refractivity contribution >= 4 is 27.6 Å². The van der Waals surface area contributed by atoms with E-state index in [0.717, 1.165) is 7.11 Å². The maximum atomic E-state index is 12.1. The van der Waals surface area contributed by atoms with E-state index in [1.807, 2.05) is 0 Å². The summed E-state index contributed by atoms with van der Waals surface area (Å²) in [6.07, 6.45) is -0.628. The molecule has 1 atom stereocenters. The lowest BCUT2D eigenvalue weighted by atomic mass is 10.2. The second kappa shape index (κ2) is 8.20. The van der Waals surface area contributed by atoms with E-state index in [2.05, 4.69) is 20.1 Å². The predicted octanol–water partition coefficient (Wildman–Crippen LogP) is -0.935. The van der Waals surface area contributed by atoms with Gasteiger partial charge in [-0.3, -0.25) is 9.59 Å². The molecule has 0 spiro atoms. The molecular weight excluding hydrogens is 338 g/mol. The minimum Gasteiger partial charge on any atom is -0.468 e. The average molecular weight is 357 g/mol. The standard InChI is InChI=1S/C14H19N3O6S/c1-22-13(18)9-16-24(20,21)11-4-2-3-10(7-11)17-14(19)12-8-15-5-6-23-12/h2-4,7,12,15-16H,5-6,8-9H2,1H3,(H,17,19). The quantitative estimate of drug-likeness (QED) is 0.562. The molecule has 10 heteroatoms. The summed E-state index contributed by atoms with van der Waals surface area (Å²) >= 11 is 0. The normalized spacial score (nSPS) is 18.0. The highest BCUT2D eigenvalue weighted by Gasteiger charge is 2.22. The van der Waals surface area contributed by atoms with Crippen molar-refractivity contribution < 1.29 is 27.5 Å². The second-order valence-corrected chi connectivity index (χ2v) is 6.75. The molecule has 1 amide bonds. The third-order valence-electron chi connectivity index (χ3n) is 3.27. The van der Waals surface area contributed by atoms with Gasteiger partial charge in [-0.1, -0.05) is 6.07 Å². The number of carbonyl (C=O) groups excluding carboxylic acids is 2. The maximum absolute atomic E-state index is 12.1. The molecular formula is C14H19N3O6S. The number of benzene rings is 1. The zero-order valence-corrected chi connectivity index (χ0v) is 13.9. The molecule has 0 bridgehead atoms. The van der Waals surface area contributed by atoms with Gasteiger partial charge in [-0.15, -0.1) is 0 Å². The Morgan fingerprint density at radius 3 is 2.88 bits per heavy atom. The van der Waals surface area contributed by atoms with Crippen LogP contribution in [0.4, 0.5) is 5.69 Å². The summed E-state index contributed by atoms with van der Waals surface area (Å²) in [6, 6.07) is 5.71. The fourth-order valence-electron chi connectivity index (χ4n) is 2.01. The number of morpholine rings is 1. The van der Waals surface area contributed by atoms with Crippen molar-refractivity contribution in [3.63, 3.8) is 0 Å². The Kier molecular flexibility index (Phi) is 6.26. The average Bonchev–Trinajstić information content (AvgIpc) is 2.60. The van der Waals surface area contributed by atoms with E-state index in [9.17, 15) is 18.0 Å². The maximum Gasteiger partial charge on any atom is 0.320 e. The van der Waals surface area contributed by atoms with Gasteiger partial charge in [0, 0.05) is 18.8 Å². The Hall–Kier alpha value is -2.01. The molecule has 1 heterocycles. The lowest BCUT2D eigenvalue weighted by Crippen LogP contribution is -2.45. The number of methoxy groups -OCH3 is 1. The number of ether oxygens (including phenoxy) is 2. The summed E-state index contributed by atoms with van der Waals surface area (Å²) < 4.78 is 36.1. The van der Waals surface area contributed by atoms with E-state index in [-0.39, 0.29) is 10.8 Å². The topological polar surface area (TPSA) is 123 Å². The second-order valence-electron chi connectivity index (χ2n) is 4.98. The third kappa shape index (κ3) is 4.99. The smallest absolute Gasteiger partial charge is 0.320 e. The molecule has 1 aliphatic rings. The molecule has 0 aliphatic carbocycles. The van der Waals surface area contributed by atoms with Gasteiger partial charge in [0.1, 0.15) is 12.6 Å². The molecule has 0 saturated carbocycles. The van der Waals surface area contributed by atoms with Gasteiger partial charge in [-0.05, 0) is 18.2 Å². The monoisotopic (exact) mass is 357 g/mol. The molecule has 1 unspecified atom stereocenters. The van der Waals surface area contributed by atoms with Crippen LogP contribution in [0.25, 0.3) is 0 Å². The van der Waals surface area contributed by atoms with Crippen molar-refractivity contribution in [3.05, 3.63) is 24.3 Å². The van der Waals surface area contributed by atoms with Crippen LogP contribution in [0.1, 0.15) is 0 Å². The Labute approximate surface area is 139 Å². The Bertz CT molecular complexity index is 700. The summed E-state index contributed by atoms with van der Waals surface area (Å²) in [6.45, 7) is 1.04. The van der Waals surface area contributed by atoms with Crippen LogP contribution in [-0.2, 0) is 29.1 Å². The van der Waals surface area contributed by atoms with E-state index in [0.29, 0.717) is 25.4 Å². The first kappa shape index (κ1) is 18.3.